The average molecular weight is 306 g/mol. The lowest BCUT2D eigenvalue weighted by Gasteiger charge is -2.18. The molecule has 0 saturated heterocycles. The van der Waals surface area contributed by atoms with Gasteiger partial charge in [-0.05, 0) is 61.1 Å². The molecule has 3 rings (SSSR count). The highest BCUT2D eigenvalue weighted by molar-refractivity contribution is 6.30. The summed E-state index contributed by atoms with van der Waals surface area (Å²) >= 11 is 5.89. The Balaban J connectivity index is 1.39. The van der Waals surface area contributed by atoms with E-state index in [1.807, 2.05) is 19.2 Å². The van der Waals surface area contributed by atoms with Crippen molar-refractivity contribution in [2.45, 2.75) is 32.1 Å². The summed E-state index contributed by atoms with van der Waals surface area (Å²) in [7, 11) is 1.84. The Morgan fingerprint density at radius 3 is 2.52 bits per heavy atom. The zero-order chi connectivity index (χ0) is 14.7. The second-order valence-electron chi connectivity index (χ2n) is 6.37. The topological polar surface area (TPSA) is 36.4 Å². The Labute approximate surface area is 132 Å². The van der Waals surface area contributed by atoms with Crippen LogP contribution in [0.25, 0.3) is 0 Å². The summed E-state index contributed by atoms with van der Waals surface area (Å²) in [6.45, 7) is 1.97. The molecule has 4 heteroatoms. The van der Waals surface area contributed by atoms with Crippen LogP contribution in [0.2, 0.25) is 5.02 Å². The van der Waals surface area contributed by atoms with Gasteiger partial charge in [0.2, 0.25) is 0 Å². The number of benzene rings is 1. The molecule has 0 heterocycles. The molecule has 0 amide bonds. The van der Waals surface area contributed by atoms with Crippen molar-refractivity contribution in [2.75, 3.05) is 20.1 Å². The van der Waals surface area contributed by atoms with Gasteiger partial charge >= 0.3 is 0 Å². The molecule has 0 unspecified atom stereocenters. The highest BCUT2D eigenvalue weighted by Crippen LogP contribution is 2.60. The summed E-state index contributed by atoms with van der Waals surface area (Å²) in [5, 5.41) is 7.70. The van der Waals surface area contributed by atoms with Gasteiger partial charge in [-0.3, -0.25) is 4.99 Å². The Hall–Kier alpha value is -1.22. The predicted molar refractivity (Wildman–Crippen MR) is 88.9 cm³/mol. The minimum atomic E-state index is 0.605. The van der Waals surface area contributed by atoms with E-state index in [9.17, 15) is 0 Å². The molecule has 2 aliphatic rings. The van der Waals surface area contributed by atoms with Crippen LogP contribution in [0.1, 0.15) is 31.2 Å². The molecule has 2 saturated carbocycles. The molecule has 2 fully saturated rings. The number of guanidine groups is 1. The molecule has 1 aromatic carbocycles. The molecule has 0 radical (unpaired) electrons. The van der Waals surface area contributed by atoms with Crippen molar-refractivity contribution in [1.82, 2.24) is 10.6 Å². The quantitative estimate of drug-likeness (QED) is 0.625. The molecular formula is C17H24ClN3. The molecule has 1 aromatic rings. The molecular weight excluding hydrogens is 282 g/mol. The molecule has 2 aliphatic carbocycles. The molecule has 21 heavy (non-hydrogen) atoms. The maximum Gasteiger partial charge on any atom is 0.191 e. The smallest absolute Gasteiger partial charge is 0.191 e. The van der Waals surface area contributed by atoms with Crippen molar-refractivity contribution >= 4 is 17.6 Å². The first-order valence-corrected chi connectivity index (χ1v) is 8.29. The van der Waals surface area contributed by atoms with Gasteiger partial charge in [0, 0.05) is 25.2 Å². The first-order valence-electron chi connectivity index (χ1n) is 7.91. The van der Waals surface area contributed by atoms with Crippen LogP contribution in [0.4, 0.5) is 0 Å². The SMILES string of the molecule is CN=C(NCCc1ccc(Cl)cc1)NCC1(C2CC2)CC1. The highest BCUT2D eigenvalue weighted by atomic mass is 35.5. The van der Waals surface area contributed by atoms with Gasteiger partial charge in [0.25, 0.3) is 0 Å². The van der Waals surface area contributed by atoms with Gasteiger partial charge in [-0.2, -0.15) is 0 Å². The standard InChI is InChI=1S/C17H24ClN3/c1-19-16(21-12-17(9-10-17)14-4-5-14)20-11-8-13-2-6-15(18)7-3-13/h2-3,6-7,14H,4-5,8-12H2,1H3,(H2,19,20,21). The molecule has 114 valence electrons. The van der Waals surface area contributed by atoms with E-state index in [1.54, 1.807) is 0 Å². The Kier molecular flexibility index (Phi) is 4.39. The van der Waals surface area contributed by atoms with Gasteiger partial charge < -0.3 is 10.6 Å². The minimum absolute atomic E-state index is 0.605. The third kappa shape index (κ3) is 3.91. The second-order valence-corrected chi connectivity index (χ2v) is 6.80. The minimum Gasteiger partial charge on any atom is -0.356 e. The first kappa shape index (κ1) is 14.7. The Bertz CT molecular complexity index is 501. The number of nitrogens with zero attached hydrogens (tertiary/aromatic N) is 1. The number of halogens is 1. The Morgan fingerprint density at radius 2 is 1.95 bits per heavy atom. The number of hydrogen-bond acceptors (Lipinski definition) is 1. The maximum atomic E-state index is 5.89. The fourth-order valence-corrected chi connectivity index (χ4v) is 3.17. The van der Waals surface area contributed by atoms with Crippen molar-refractivity contribution in [3.63, 3.8) is 0 Å². The molecule has 3 nitrogen and oxygen atoms in total. The average Bonchev–Trinajstić information content (AvgIpc) is 3.38. The van der Waals surface area contributed by atoms with E-state index < -0.39 is 0 Å². The van der Waals surface area contributed by atoms with Crippen LogP contribution in [0, 0.1) is 11.3 Å². The van der Waals surface area contributed by atoms with E-state index >= 15 is 0 Å². The fraction of sp³-hybridized carbons (Fsp3) is 0.588. The number of rotatable bonds is 6. The van der Waals surface area contributed by atoms with Crippen molar-refractivity contribution in [3.05, 3.63) is 34.9 Å². The number of hydrogen-bond donors (Lipinski definition) is 2. The maximum absolute atomic E-state index is 5.89. The zero-order valence-electron chi connectivity index (χ0n) is 12.7. The van der Waals surface area contributed by atoms with Crippen LogP contribution < -0.4 is 10.6 Å². The van der Waals surface area contributed by atoms with Gasteiger partial charge in [-0.25, -0.2) is 0 Å². The van der Waals surface area contributed by atoms with Crippen molar-refractivity contribution in [2.24, 2.45) is 16.3 Å². The van der Waals surface area contributed by atoms with Crippen molar-refractivity contribution < 1.29 is 0 Å². The normalized spacial score (nSPS) is 20.2. The van der Waals surface area contributed by atoms with Crippen LogP contribution in [0.3, 0.4) is 0 Å². The van der Waals surface area contributed by atoms with Crippen molar-refractivity contribution in [1.29, 1.82) is 0 Å². The lowest BCUT2D eigenvalue weighted by Crippen LogP contribution is -2.41. The van der Waals surface area contributed by atoms with Gasteiger partial charge in [0.05, 0.1) is 0 Å². The van der Waals surface area contributed by atoms with Gasteiger partial charge in [0.15, 0.2) is 5.96 Å². The van der Waals surface area contributed by atoms with E-state index in [0.29, 0.717) is 5.41 Å². The van der Waals surface area contributed by atoms with Crippen LogP contribution >= 0.6 is 11.6 Å². The van der Waals surface area contributed by atoms with Gasteiger partial charge in [0.1, 0.15) is 0 Å². The molecule has 0 atom stereocenters. The lowest BCUT2D eigenvalue weighted by atomic mass is 10.0. The van der Waals surface area contributed by atoms with E-state index in [2.05, 4.69) is 27.8 Å². The summed E-state index contributed by atoms with van der Waals surface area (Å²) in [6, 6.07) is 8.03. The van der Waals surface area contributed by atoms with Gasteiger partial charge in [-0.15, -0.1) is 0 Å². The van der Waals surface area contributed by atoms with Crippen LogP contribution in [0.15, 0.2) is 29.3 Å². The van der Waals surface area contributed by atoms with E-state index in [-0.39, 0.29) is 0 Å². The monoisotopic (exact) mass is 305 g/mol. The van der Waals surface area contributed by atoms with Crippen LogP contribution in [-0.4, -0.2) is 26.1 Å². The third-order valence-electron chi connectivity index (χ3n) is 4.79. The summed E-state index contributed by atoms with van der Waals surface area (Å²) < 4.78 is 0. The van der Waals surface area contributed by atoms with Crippen LogP contribution in [-0.2, 0) is 6.42 Å². The molecule has 2 N–H and O–H groups in total. The number of aliphatic imine (C=N–C) groups is 1. The van der Waals surface area contributed by atoms with E-state index in [4.69, 9.17) is 11.6 Å². The molecule has 0 aromatic heterocycles. The first-order chi connectivity index (χ1) is 10.2. The molecule has 0 bridgehead atoms. The summed E-state index contributed by atoms with van der Waals surface area (Å²) in [5.74, 6) is 1.91. The van der Waals surface area contributed by atoms with Crippen molar-refractivity contribution in [3.8, 4) is 0 Å². The molecule has 0 aliphatic heterocycles. The summed E-state index contributed by atoms with van der Waals surface area (Å²) in [5.41, 5.74) is 1.90. The molecule has 0 spiro atoms. The highest BCUT2D eigenvalue weighted by Gasteiger charge is 2.53. The zero-order valence-corrected chi connectivity index (χ0v) is 13.4. The van der Waals surface area contributed by atoms with Gasteiger partial charge in [-0.1, -0.05) is 23.7 Å². The lowest BCUT2D eigenvalue weighted by molar-refractivity contribution is 0.431. The summed E-state index contributed by atoms with van der Waals surface area (Å²) in [4.78, 5) is 4.32. The van der Waals surface area contributed by atoms with E-state index in [0.717, 1.165) is 36.4 Å². The third-order valence-corrected chi connectivity index (χ3v) is 5.04. The number of nitrogens with one attached hydrogen (secondary N) is 2. The largest absolute Gasteiger partial charge is 0.356 e. The second kappa shape index (κ2) is 6.27. The Morgan fingerprint density at radius 1 is 1.24 bits per heavy atom. The predicted octanol–water partition coefficient (Wildman–Crippen LogP) is 3.24. The van der Waals surface area contributed by atoms with Crippen LogP contribution in [0.5, 0.6) is 0 Å². The summed E-state index contributed by atoms with van der Waals surface area (Å²) in [6.07, 6.45) is 6.64. The van der Waals surface area contributed by atoms with E-state index in [1.165, 1.54) is 31.2 Å². The fourth-order valence-electron chi connectivity index (χ4n) is 3.04.